The first-order chi connectivity index (χ1) is 7.67. The van der Waals surface area contributed by atoms with Crippen molar-refractivity contribution >= 4 is 5.97 Å². The van der Waals surface area contributed by atoms with Gasteiger partial charge in [-0.05, 0) is 18.2 Å². The fourth-order valence-corrected chi connectivity index (χ4v) is 1.12. The molecule has 1 rings (SSSR count). The summed E-state index contributed by atoms with van der Waals surface area (Å²) in [5, 5.41) is 8.84. The molecule has 0 unspecified atom stereocenters. The fraction of sp³-hybridized carbons (Fsp3) is 0.417. The lowest BCUT2D eigenvalue weighted by Crippen LogP contribution is -2.12. The molecule has 1 aromatic rings. The predicted octanol–water partition coefficient (Wildman–Crippen LogP) is 1.48. The van der Waals surface area contributed by atoms with Crippen LogP contribution in [0.15, 0.2) is 24.3 Å². The molecule has 0 heterocycles. The number of hydrogen-bond acceptors (Lipinski definition) is 4. The van der Waals surface area contributed by atoms with Crippen LogP contribution in [0.25, 0.3) is 0 Å². The van der Waals surface area contributed by atoms with Crippen molar-refractivity contribution in [1.29, 1.82) is 0 Å². The van der Waals surface area contributed by atoms with E-state index < -0.39 is 0 Å². The van der Waals surface area contributed by atoms with Gasteiger partial charge in [-0.3, -0.25) is 0 Å². The number of esters is 1. The molecule has 88 valence electrons. The normalized spacial score (nSPS) is 11.9. The van der Waals surface area contributed by atoms with E-state index in [1.165, 1.54) is 7.11 Å². The van der Waals surface area contributed by atoms with E-state index in [0.717, 1.165) is 0 Å². The minimum absolute atomic E-state index is 0.0711. The van der Waals surface area contributed by atoms with Crippen molar-refractivity contribution in [1.82, 2.24) is 0 Å². The van der Waals surface area contributed by atoms with Gasteiger partial charge in [-0.25, -0.2) is 4.79 Å². The molecule has 0 amide bonds. The molecule has 1 aromatic carbocycles. The molecule has 0 aliphatic heterocycles. The lowest BCUT2D eigenvalue weighted by molar-refractivity contribution is 0.0600. The molecular formula is C12H16O4. The Kier molecular flexibility index (Phi) is 4.79. The highest BCUT2D eigenvalue weighted by Gasteiger charge is 2.07. The molecule has 0 bridgehead atoms. The summed E-state index contributed by atoms with van der Waals surface area (Å²) in [5.41, 5.74) is 0.455. The first-order valence-electron chi connectivity index (χ1n) is 5.09. The van der Waals surface area contributed by atoms with Crippen LogP contribution < -0.4 is 4.74 Å². The van der Waals surface area contributed by atoms with E-state index in [0.29, 0.717) is 17.9 Å². The van der Waals surface area contributed by atoms with Crippen molar-refractivity contribution in [3.8, 4) is 5.75 Å². The molecule has 16 heavy (non-hydrogen) atoms. The van der Waals surface area contributed by atoms with Gasteiger partial charge in [-0.15, -0.1) is 0 Å². The third-order valence-corrected chi connectivity index (χ3v) is 2.10. The second-order valence-electron chi connectivity index (χ2n) is 3.62. The average molecular weight is 224 g/mol. The summed E-state index contributed by atoms with van der Waals surface area (Å²) >= 11 is 0. The van der Waals surface area contributed by atoms with E-state index in [1.807, 2.05) is 6.92 Å². The third-order valence-electron chi connectivity index (χ3n) is 2.10. The number of benzene rings is 1. The fourth-order valence-electron chi connectivity index (χ4n) is 1.12. The van der Waals surface area contributed by atoms with Crippen LogP contribution in [0.2, 0.25) is 0 Å². The second kappa shape index (κ2) is 6.12. The average Bonchev–Trinajstić information content (AvgIpc) is 2.35. The van der Waals surface area contributed by atoms with Crippen LogP contribution >= 0.6 is 0 Å². The molecule has 1 N–H and O–H groups in total. The largest absolute Gasteiger partial charge is 0.493 e. The van der Waals surface area contributed by atoms with E-state index in [2.05, 4.69) is 4.74 Å². The molecule has 1 atom stereocenters. The highest BCUT2D eigenvalue weighted by molar-refractivity contribution is 5.89. The Balaban J connectivity index is 2.64. The van der Waals surface area contributed by atoms with E-state index in [9.17, 15) is 4.79 Å². The zero-order valence-electron chi connectivity index (χ0n) is 9.47. The molecule has 4 heteroatoms. The zero-order valence-corrected chi connectivity index (χ0v) is 9.47. The Labute approximate surface area is 94.8 Å². The van der Waals surface area contributed by atoms with Crippen LogP contribution in [0, 0.1) is 5.92 Å². The van der Waals surface area contributed by atoms with Gasteiger partial charge in [0, 0.05) is 12.5 Å². The summed E-state index contributed by atoms with van der Waals surface area (Å²) in [6, 6.07) is 6.77. The molecule has 0 saturated carbocycles. The zero-order chi connectivity index (χ0) is 12.0. The molecule has 0 saturated heterocycles. The lowest BCUT2D eigenvalue weighted by atomic mass is 10.2. The van der Waals surface area contributed by atoms with Gasteiger partial charge in [0.2, 0.25) is 0 Å². The summed E-state index contributed by atoms with van der Waals surface area (Å²) in [7, 11) is 1.34. The Morgan fingerprint density at radius 1 is 1.50 bits per heavy atom. The van der Waals surface area contributed by atoms with Crippen LogP contribution in [-0.4, -0.2) is 31.4 Å². The molecule has 0 fully saturated rings. The second-order valence-corrected chi connectivity index (χ2v) is 3.62. The van der Waals surface area contributed by atoms with E-state index in [4.69, 9.17) is 9.84 Å². The minimum atomic E-state index is -0.388. The maximum Gasteiger partial charge on any atom is 0.337 e. The van der Waals surface area contributed by atoms with Crippen LogP contribution in [0.4, 0.5) is 0 Å². The topological polar surface area (TPSA) is 55.8 Å². The number of methoxy groups -OCH3 is 1. The molecule has 4 nitrogen and oxygen atoms in total. The number of ether oxygens (including phenoxy) is 2. The summed E-state index contributed by atoms with van der Waals surface area (Å²) in [6.07, 6.45) is 0. The van der Waals surface area contributed by atoms with Crippen molar-refractivity contribution in [2.75, 3.05) is 20.3 Å². The number of hydrogen-bond donors (Lipinski definition) is 1. The smallest absolute Gasteiger partial charge is 0.337 e. The van der Waals surface area contributed by atoms with Crippen LogP contribution in [0.1, 0.15) is 17.3 Å². The minimum Gasteiger partial charge on any atom is -0.493 e. The maximum atomic E-state index is 11.2. The summed E-state index contributed by atoms with van der Waals surface area (Å²) in [5.74, 6) is 0.283. The van der Waals surface area contributed by atoms with Gasteiger partial charge in [0.25, 0.3) is 0 Å². The maximum absolute atomic E-state index is 11.2. The molecular weight excluding hydrogens is 208 g/mol. The van der Waals surface area contributed by atoms with E-state index in [1.54, 1.807) is 24.3 Å². The lowest BCUT2D eigenvalue weighted by Gasteiger charge is -2.10. The van der Waals surface area contributed by atoms with Gasteiger partial charge in [0.1, 0.15) is 5.75 Å². The third kappa shape index (κ3) is 3.55. The van der Waals surface area contributed by atoms with Gasteiger partial charge in [-0.1, -0.05) is 13.0 Å². The van der Waals surface area contributed by atoms with E-state index in [-0.39, 0.29) is 18.5 Å². The quantitative estimate of drug-likeness (QED) is 0.770. The van der Waals surface area contributed by atoms with Crippen LogP contribution in [0.5, 0.6) is 5.75 Å². The Morgan fingerprint density at radius 2 is 2.25 bits per heavy atom. The van der Waals surface area contributed by atoms with E-state index >= 15 is 0 Å². The van der Waals surface area contributed by atoms with Crippen molar-refractivity contribution < 1.29 is 19.4 Å². The van der Waals surface area contributed by atoms with Crippen LogP contribution in [-0.2, 0) is 4.74 Å². The Bertz CT molecular complexity index is 349. The summed E-state index contributed by atoms with van der Waals surface area (Å²) in [4.78, 5) is 11.2. The molecule has 0 radical (unpaired) electrons. The highest BCUT2D eigenvalue weighted by atomic mass is 16.5. The molecule has 0 spiro atoms. The number of aliphatic hydroxyl groups is 1. The van der Waals surface area contributed by atoms with Crippen molar-refractivity contribution in [3.63, 3.8) is 0 Å². The summed E-state index contributed by atoms with van der Waals surface area (Å²) in [6.45, 7) is 2.38. The predicted molar refractivity (Wildman–Crippen MR) is 59.5 cm³/mol. The van der Waals surface area contributed by atoms with Gasteiger partial charge in [-0.2, -0.15) is 0 Å². The van der Waals surface area contributed by atoms with Gasteiger partial charge < -0.3 is 14.6 Å². The molecule has 0 aliphatic rings. The number of rotatable bonds is 5. The SMILES string of the molecule is COC(=O)c1cccc(OC[C@@H](C)CO)c1. The number of carbonyl (C=O) groups is 1. The van der Waals surface area contributed by atoms with Crippen LogP contribution in [0.3, 0.4) is 0 Å². The first kappa shape index (κ1) is 12.5. The monoisotopic (exact) mass is 224 g/mol. The first-order valence-corrected chi connectivity index (χ1v) is 5.09. The van der Waals surface area contributed by atoms with Crippen molar-refractivity contribution in [2.45, 2.75) is 6.92 Å². The molecule has 0 aliphatic carbocycles. The van der Waals surface area contributed by atoms with Gasteiger partial charge in [0.15, 0.2) is 0 Å². The van der Waals surface area contributed by atoms with Crippen molar-refractivity contribution in [2.24, 2.45) is 5.92 Å². The molecule has 0 aromatic heterocycles. The number of aliphatic hydroxyl groups excluding tert-OH is 1. The standard InChI is InChI=1S/C12H16O4/c1-9(7-13)8-16-11-5-3-4-10(6-11)12(14)15-2/h3-6,9,13H,7-8H2,1-2H3/t9-/m0/s1. The number of carbonyl (C=O) groups excluding carboxylic acids is 1. The van der Waals surface area contributed by atoms with Gasteiger partial charge >= 0.3 is 5.97 Å². The highest BCUT2D eigenvalue weighted by Crippen LogP contribution is 2.14. The summed E-state index contributed by atoms with van der Waals surface area (Å²) < 4.78 is 10.0. The van der Waals surface area contributed by atoms with Crippen molar-refractivity contribution in [3.05, 3.63) is 29.8 Å². The van der Waals surface area contributed by atoms with Gasteiger partial charge in [0.05, 0.1) is 19.3 Å². The Morgan fingerprint density at radius 3 is 2.88 bits per heavy atom. The Hall–Kier alpha value is -1.55.